The summed E-state index contributed by atoms with van der Waals surface area (Å²) in [7, 11) is 0. The van der Waals surface area contributed by atoms with E-state index in [9.17, 15) is 0 Å². The van der Waals surface area contributed by atoms with Gasteiger partial charge in [0.1, 0.15) is 11.8 Å². The summed E-state index contributed by atoms with van der Waals surface area (Å²) in [5, 5.41) is 19.2. The van der Waals surface area contributed by atoms with E-state index >= 15 is 0 Å². The zero-order valence-electron chi connectivity index (χ0n) is 10.5. The number of aromatic nitrogens is 6. The number of rotatable bonds is 4. The average Bonchev–Trinajstić information content (AvgIpc) is 2.92. The Bertz CT molecular complexity index is 691. The maximum absolute atomic E-state index is 4.39. The highest BCUT2D eigenvalue weighted by atomic mass is 15.3. The van der Waals surface area contributed by atoms with Gasteiger partial charge in [0.15, 0.2) is 5.82 Å². The molecule has 0 spiro atoms. The summed E-state index contributed by atoms with van der Waals surface area (Å²) in [6.07, 6.45) is 1.70. The van der Waals surface area contributed by atoms with Crippen LogP contribution >= 0.6 is 0 Å². The molecule has 0 aliphatic rings. The summed E-state index contributed by atoms with van der Waals surface area (Å²) in [6.45, 7) is 3.40. The zero-order valence-corrected chi connectivity index (χ0v) is 10.5. The van der Waals surface area contributed by atoms with Crippen molar-refractivity contribution >= 4 is 17.0 Å². The van der Waals surface area contributed by atoms with Gasteiger partial charge in [0.05, 0.1) is 12.1 Å². The van der Waals surface area contributed by atoms with Crippen LogP contribution in [0.15, 0.2) is 30.6 Å². The molecular weight excluding hydrogens is 242 g/mol. The van der Waals surface area contributed by atoms with Crippen molar-refractivity contribution in [2.75, 3.05) is 5.32 Å². The van der Waals surface area contributed by atoms with E-state index in [-0.39, 0.29) is 0 Å². The van der Waals surface area contributed by atoms with Crippen molar-refractivity contribution in [1.82, 2.24) is 29.9 Å². The SMILES string of the molecule is CCn1cnnc1CNc1nnc2ccccc2n1. The first-order chi connectivity index (χ1) is 9.36. The van der Waals surface area contributed by atoms with Crippen LogP contribution < -0.4 is 5.32 Å². The molecule has 0 saturated carbocycles. The monoisotopic (exact) mass is 255 g/mol. The minimum absolute atomic E-state index is 0.490. The molecule has 3 aromatic rings. The minimum atomic E-state index is 0.490. The third kappa shape index (κ3) is 2.35. The number of nitrogens with one attached hydrogen (secondary N) is 1. The van der Waals surface area contributed by atoms with Crippen molar-refractivity contribution in [3.05, 3.63) is 36.4 Å². The van der Waals surface area contributed by atoms with Gasteiger partial charge in [-0.25, -0.2) is 4.98 Å². The van der Waals surface area contributed by atoms with Gasteiger partial charge in [0, 0.05) is 6.54 Å². The number of nitrogens with zero attached hydrogens (tertiary/aromatic N) is 6. The molecule has 19 heavy (non-hydrogen) atoms. The fourth-order valence-electron chi connectivity index (χ4n) is 1.79. The third-order valence-corrected chi connectivity index (χ3v) is 2.80. The van der Waals surface area contributed by atoms with Crippen molar-refractivity contribution in [1.29, 1.82) is 0 Å². The van der Waals surface area contributed by atoms with Gasteiger partial charge >= 0.3 is 0 Å². The predicted octanol–water partition coefficient (Wildman–Crippen LogP) is 1.25. The average molecular weight is 255 g/mol. The van der Waals surface area contributed by atoms with Crippen molar-refractivity contribution in [2.45, 2.75) is 20.0 Å². The van der Waals surface area contributed by atoms with Crippen molar-refractivity contribution in [3.63, 3.8) is 0 Å². The Morgan fingerprint density at radius 2 is 1.95 bits per heavy atom. The fraction of sp³-hybridized carbons (Fsp3) is 0.250. The molecule has 2 aromatic heterocycles. The number of para-hydroxylation sites is 1. The smallest absolute Gasteiger partial charge is 0.243 e. The summed E-state index contributed by atoms with van der Waals surface area (Å²) in [6, 6.07) is 7.63. The molecule has 7 heteroatoms. The maximum Gasteiger partial charge on any atom is 0.243 e. The van der Waals surface area contributed by atoms with E-state index in [0.29, 0.717) is 12.5 Å². The molecule has 2 heterocycles. The molecule has 3 rings (SSSR count). The van der Waals surface area contributed by atoms with Crippen LogP contribution in [0.2, 0.25) is 0 Å². The standard InChI is InChI=1S/C12H13N7/c1-2-19-8-14-17-11(19)7-13-12-15-9-5-3-4-6-10(9)16-18-12/h3-6,8H,2,7H2,1H3,(H,13,15,18). The predicted molar refractivity (Wildman–Crippen MR) is 70.4 cm³/mol. The van der Waals surface area contributed by atoms with Gasteiger partial charge in [-0.3, -0.25) is 0 Å². The number of hydrogen-bond acceptors (Lipinski definition) is 6. The molecule has 0 fully saturated rings. The second-order valence-corrected chi connectivity index (χ2v) is 4.01. The van der Waals surface area contributed by atoms with Crippen molar-refractivity contribution in [3.8, 4) is 0 Å². The largest absolute Gasteiger partial charge is 0.346 e. The lowest BCUT2D eigenvalue weighted by Crippen LogP contribution is -2.10. The molecule has 0 atom stereocenters. The highest BCUT2D eigenvalue weighted by Gasteiger charge is 2.04. The topological polar surface area (TPSA) is 81.4 Å². The fourth-order valence-corrected chi connectivity index (χ4v) is 1.79. The molecule has 0 aliphatic carbocycles. The van der Waals surface area contributed by atoms with Crippen LogP contribution in [0.3, 0.4) is 0 Å². The van der Waals surface area contributed by atoms with E-state index in [4.69, 9.17) is 0 Å². The van der Waals surface area contributed by atoms with Crippen LogP contribution in [0, 0.1) is 0 Å². The van der Waals surface area contributed by atoms with E-state index < -0.39 is 0 Å². The Labute approximate surface area is 109 Å². The first-order valence-electron chi connectivity index (χ1n) is 6.07. The Hall–Kier alpha value is -2.57. The second-order valence-electron chi connectivity index (χ2n) is 4.01. The van der Waals surface area contributed by atoms with Crippen LogP contribution in [0.5, 0.6) is 0 Å². The lowest BCUT2D eigenvalue weighted by atomic mass is 10.3. The number of aryl methyl sites for hydroxylation is 1. The third-order valence-electron chi connectivity index (χ3n) is 2.80. The van der Waals surface area contributed by atoms with Crippen LogP contribution in [0.1, 0.15) is 12.7 Å². The van der Waals surface area contributed by atoms with E-state index in [1.54, 1.807) is 6.33 Å². The van der Waals surface area contributed by atoms with E-state index in [1.807, 2.05) is 35.8 Å². The van der Waals surface area contributed by atoms with E-state index in [2.05, 4.69) is 30.7 Å². The quantitative estimate of drug-likeness (QED) is 0.755. The first kappa shape index (κ1) is 11.5. The van der Waals surface area contributed by atoms with Crippen LogP contribution in [-0.2, 0) is 13.1 Å². The lowest BCUT2D eigenvalue weighted by molar-refractivity contribution is 0.706. The van der Waals surface area contributed by atoms with E-state index in [0.717, 1.165) is 23.4 Å². The van der Waals surface area contributed by atoms with Crippen molar-refractivity contribution < 1.29 is 0 Å². The van der Waals surface area contributed by atoms with Crippen LogP contribution in [-0.4, -0.2) is 29.9 Å². The van der Waals surface area contributed by atoms with Crippen LogP contribution in [0.4, 0.5) is 5.95 Å². The summed E-state index contributed by atoms with van der Waals surface area (Å²) in [5.41, 5.74) is 1.60. The van der Waals surface area contributed by atoms with Gasteiger partial charge in [0.2, 0.25) is 5.95 Å². The molecule has 1 N–H and O–H groups in total. The molecule has 0 aliphatic heterocycles. The molecule has 1 aromatic carbocycles. The van der Waals surface area contributed by atoms with Gasteiger partial charge in [-0.05, 0) is 19.1 Å². The maximum atomic E-state index is 4.39. The Morgan fingerprint density at radius 3 is 2.79 bits per heavy atom. The Morgan fingerprint density at radius 1 is 1.11 bits per heavy atom. The number of anilines is 1. The second kappa shape index (κ2) is 4.97. The molecule has 0 saturated heterocycles. The number of fused-ring (bicyclic) bond motifs is 1. The van der Waals surface area contributed by atoms with Crippen molar-refractivity contribution in [2.24, 2.45) is 0 Å². The Balaban J connectivity index is 1.78. The summed E-state index contributed by atoms with van der Waals surface area (Å²) < 4.78 is 1.96. The minimum Gasteiger partial charge on any atom is -0.346 e. The van der Waals surface area contributed by atoms with Gasteiger partial charge < -0.3 is 9.88 Å². The van der Waals surface area contributed by atoms with Crippen LogP contribution in [0.25, 0.3) is 11.0 Å². The molecular formula is C12H13N7. The van der Waals surface area contributed by atoms with Gasteiger partial charge in [0.25, 0.3) is 0 Å². The van der Waals surface area contributed by atoms with Gasteiger partial charge in [-0.2, -0.15) is 0 Å². The molecule has 0 radical (unpaired) electrons. The normalized spacial score (nSPS) is 10.8. The lowest BCUT2D eigenvalue weighted by Gasteiger charge is -2.05. The number of benzene rings is 1. The summed E-state index contributed by atoms with van der Waals surface area (Å²) in [5.74, 6) is 1.34. The van der Waals surface area contributed by atoms with E-state index in [1.165, 1.54) is 0 Å². The molecule has 0 bridgehead atoms. The molecule has 0 unspecified atom stereocenters. The Kier molecular flexibility index (Phi) is 3.01. The highest BCUT2D eigenvalue weighted by Crippen LogP contribution is 2.09. The zero-order chi connectivity index (χ0) is 13.1. The summed E-state index contributed by atoms with van der Waals surface area (Å²) in [4.78, 5) is 4.39. The molecule has 0 amide bonds. The number of hydrogen-bond donors (Lipinski definition) is 1. The molecule has 96 valence electrons. The van der Waals surface area contributed by atoms with Gasteiger partial charge in [-0.15, -0.1) is 20.4 Å². The molecule has 7 nitrogen and oxygen atoms in total. The van der Waals surface area contributed by atoms with Gasteiger partial charge in [-0.1, -0.05) is 12.1 Å². The first-order valence-corrected chi connectivity index (χ1v) is 6.07. The highest BCUT2D eigenvalue weighted by molar-refractivity contribution is 5.73. The summed E-state index contributed by atoms with van der Waals surface area (Å²) >= 11 is 0.